The Bertz CT molecular complexity index is 186. The Morgan fingerprint density at radius 1 is 0.947 bits per heavy atom. The molecule has 0 bridgehead atoms. The number of ether oxygens (including phenoxy) is 1. The third-order valence-electron chi connectivity index (χ3n) is 2.64. The lowest BCUT2D eigenvalue weighted by atomic mass is 10.4. The Kier molecular flexibility index (Phi) is 11.8. The fourth-order valence-corrected chi connectivity index (χ4v) is 4.68. The first-order valence-electron chi connectivity index (χ1n) is 7.34. The molecule has 1 N–H and O–H groups in total. The lowest BCUT2D eigenvalue weighted by Crippen LogP contribution is -2.58. The molecule has 0 spiro atoms. The molecule has 19 heavy (non-hydrogen) atoms. The quantitative estimate of drug-likeness (QED) is 0.416. The zero-order valence-corrected chi connectivity index (χ0v) is 13.8. The summed E-state index contributed by atoms with van der Waals surface area (Å²) in [6.07, 6.45) is 2.53. The highest BCUT2D eigenvalue weighted by molar-refractivity contribution is 6.62. The molecule has 0 amide bonds. The van der Waals surface area contributed by atoms with E-state index in [0.717, 1.165) is 12.8 Å². The second kappa shape index (κ2) is 11.8. The first kappa shape index (κ1) is 19.0. The van der Waals surface area contributed by atoms with Gasteiger partial charge in [-0.1, -0.05) is 13.3 Å². The van der Waals surface area contributed by atoms with Gasteiger partial charge in [-0.3, -0.25) is 0 Å². The van der Waals surface area contributed by atoms with Crippen molar-refractivity contribution in [3.8, 4) is 0 Å². The maximum absolute atomic E-state index is 9.24. The molecular formula is C13H30O5Si. The van der Waals surface area contributed by atoms with Gasteiger partial charge in [-0.25, -0.2) is 0 Å². The minimum atomic E-state index is -2.88. The summed E-state index contributed by atoms with van der Waals surface area (Å²) in [6, 6.07) is 0. The van der Waals surface area contributed by atoms with Crippen LogP contribution in [0.3, 0.4) is 0 Å². The van der Waals surface area contributed by atoms with Gasteiger partial charge in [0.05, 0.1) is 0 Å². The lowest BCUT2D eigenvalue weighted by molar-refractivity contribution is -0.0185. The monoisotopic (exact) mass is 294 g/mol. The minimum absolute atomic E-state index is 0.0404. The second-order valence-corrected chi connectivity index (χ2v) is 6.84. The van der Waals surface area contributed by atoms with Gasteiger partial charge in [0.2, 0.25) is 0 Å². The van der Waals surface area contributed by atoms with Gasteiger partial charge in [-0.2, -0.15) is 0 Å². The fraction of sp³-hybridized carbons (Fsp3) is 1.00. The topological polar surface area (TPSA) is 57.2 Å². The minimum Gasteiger partial charge on any atom is -0.396 e. The van der Waals surface area contributed by atoms with Crippen LogP contribution in [0.5, 0.6) is 0 Å². The molecule has 1 unspecified atom stereocenters. The average Bonchev–Trinajstić information content (AvgIpc) is 2.39. The van der Waals surface area contributed by atoms with Crippen molar-refractivity contribution in [3.05, 3.63) is 0 Å². The Labute approximate surface area is 118 Å². The lowest BCUT2D eigenvalue weighted by Gasteiger charge is -2.34. The van der Waals surface area contributed by atoms with Crippen LogP contribution in [0.1, 0.15) is 47.0 Å². The highest BCUT2D eigenvalue weighted by Gasteiger charge is 2.50. The summed E-state index contributed by atoms with van der Waals surface area (Å²) in [7, 11) is -2.88. The van der Waals surface area contributed by atoms with E-state index in [1.54, 1.807) is 0 Å². The average molecular weight is 294 g/mol. The number of unbranched alkanes of at least 4 members (excludes halogenated alkanes) is 1. The van der Waals surface area contributed by atoms with Crippen LogP contribution in [0.15, 0.2) is 0 Å². The summed E-state index contributed by atoms with van der Waals surface area (Å²) in [5.41, 5.74) is -0.288. The van der Waals surface area contributed by atoms with Gasteiger partial charge in [-0.15, -0.1) is 0 Å². The molecule has 0 aromatic carbocycles. The molecule has 1 atom stereocenters. The summed E-state index contributed by atoms with van der Waals surface area (Å²) in [4.78, 5) is 0. The number of aliphatic hydroxyl groups is 1. The molecule has 0 rings (SSSR count). The Hall–Kier alpha value is 0.0169. The van der Waals surface area contributed by atoms with Crippen LogP contribution in [0.4, 0.5) is 0 Å². The third-order valence-corrected chi connectivity index (χ3v) is 5.96. The van der Waals surface area contributed by atoms with Crippen LogP contribution in [0.2, 0.25) is 0 Å². The van der Waals surface area contributed by atoms with Gasteiger partial charge in [0.25, 0.3) is 0 Å². The van der Waals surface area contributed by atoms with Crippen molar-refractivity contribution in [1.29, 1.82) is 0 Å². The van der Waals surface area contributed by atoms with Crippen molar-refractivity contribution < 1.29 is 23.1 Å². The van der Waals surface area contributed by atoms with Gasteiger partial charge < -0.3 is 23.1 Å². The maximum atomic E-state index is 9.24. The Balaban J connectivity index is 4.84. The molecule has 0 aliphatic carbocycles. The Morgan fingerprint density at radius 2 is 1.47 bits per heavy atom. The third kappa shape index (κ3) is 6.83. The van der Waals surface area contributed by atoms with Gasteiger partial charge >= 0.3 is 8.80 Å². The van der Waals surface area contributed by atoms with Crippen LogP contribution in [-0.4, -0.2) is 52.7 Å². The van der Waals surface area contributed by atoms with E-state index in [0.29, 0.717) is 32.8 Å². The van der Waals surface area contributed by atoms with E-state index in [1.165, 1.54) is 0 Å². The van der Waals surface area contributed by atoms with Gasteiger partial charge in [0, 0.05) is 39.5 Å². The molecule has 6 heteroatoms. The standard InChI is InChI=1S/C13H30O5Si/c1-5-9-12-15-13(10-11-14)19(16-6-2,17-7-3)18-8-4/h13-14H,5-12H2,1-4H3. The van der Waals surface area contributed by atoms with E-state index >= 15 is 0 Å². The molecule has 0 aliphatic heterocycles. The largest absolute Gasteiger partial charge is 0.531 e. The van der Waals surface area contributed by atoms with E-state index < -0.39 is 8.80 Å². The summed E-state index contributed by atoms with van der Waals surface area (Å²) in [5.74, 6) is 0. The van der Waals surface area contributed by atoms with Gasteiger partial charge in [0.1, 0.15) is 5.73 Å². The zero-order valence-electron chi connectivity index (χ0n) is 12.8. The van der Waals surface area contributed by atoms with Crippen LogP contribution in [0.25, 0.3) is 0 Å². The molecule has 116 valence electrons. The summed E-state index contributed by atoms with van der Waals surface area (Å²) in [6.45, 7) is 10.1. The number of hydrogen-bond acceptors (Lipinski definition) is 5. The van der Waals surface area contributed by atoms with E-state index in [4.69, 9.17) is 18.0 Å². The van der Waals surface area contributed by atoms with Crippen LogP contribution in [0, 0.1) is 0 Å². The molecule has 0 aromatic heterocycles. The number of hydrogen-bond donors (Lipinski definition) is 1. The normalized spacial score (nSPS) is 13.7. The molecule has 5 nitrogen and oxygen atoms in total. The molecule has 0 heterocycles. The number of rotatable bonds is 13. The summed E-state index contributed by atoms with van der Waals surface area (Å²) < 4.78 is 23.3. The van der Waals surface area contributed by atoms with E-state index in [2.05, 4.69) is 6.92 Å². The van der Waals surface area contributed by atoms with Crippen LogP contribution >= 0.6 is 0 Å². The SMILES string of the molecule is CCCCOC(CCO)[Si](OCC)(OCC)OCC. The van der Waals surface area contributed by atoms with Crippen molar-refractivity contribution in [2.75, 3.05) is 33.0 Å². The summed E-state index contributed by atoms with van der Waals surface area (Å²) in [5, 5.41) is 9.24. The van der Waals surface area contributed by atoms with Gasteiger partial charge in [-0.05, 0) is 27.2 Å². The molecule has 0 aromatic rings. The van der Waals surface area contributed by atoms with Crippen molar-refractivity contribution in [1.82, 2.24) is 0 Å². The maximum Gasteiger partial charge on any atom is 0.531 e. The Morgan fingerprint density at radius 3 is 1.84 bits per heavy atom. The van der Waals surface area contributed by atoms with E-state index in [1.807, 2.05) is 20.8 Å². The van der Waals surface area contributed by atoms with Crippen LogP contribution < -0.4 is 0 Å². The molecule has 0 saturated carbocycles. The first-order chi connectivity index (χ1) is 9.20. The zero-order chi connectivity index (χ0) is 14.6. The molecule has 0 saturated heterocycles. The van der Waals surface area contributed by atoms with Crippen LogP contribution in [-0.2, 0) is 18.0 Å². The fourth-order valence-electron chi connectivity index (χ4n) is 1.86. The van der Waals surface area contributed by atoms with E-state index in [9.17, 15) is 5.11 Å². The highest BCUT2D eigenvalue weighted by atomic mass is 28.4. The molecule has 0 aliphatic rings. The van der Waals surface area contributed by atoms with E-state index in [-0.39, 0.29) is 12.3 Å². The highest BCUT2D eigenvalue weighted by Crippen LogP contribution is 2.21. The van der Waals surface area contributed by atoms with Crippen molar-refractivity contribution in [2.45, 2.75) is 52.7 Å². The number of aliphatic hydroxyl groups excluding tert-OH is 1. The van der Waals surface area contributed by atoms with Gasteiger partial charge in [0.15, 0.2) is 0 Å². The van der Waals surface area contributed by atoms with Crippen molar-refractivity contribution >= 4 is 8.80 Å². The van der Waals surface area contributed by atoms with Crippen molar-refractivity contribution in [3.63, 3.8) is 0 Å². The first-order valence-corrected chi connectivity index (χ1v) is 9.15. The predicted octanol–water partition coefficient (Wildman–Crippen LogP) is 2.14. The molecule has 0 fully saturated rings. The predicted molar refractivity (Wildman–Crippen MR) is 77.0 cm³/mol. The van der Waals surface area contributed by atoms with Crippen molar-refractivity contribution in [2.24, 2.45) is 0 Å². The summed E-state index contributed by atoms with van der Waals surface area (Å²) >= 11 is 0. The molecule has 0 radical (unpaired) electrons. The second-order valence-electron chi connectivity index (χ2n) is 4.13. The molecular weight excluding hydrogens is 264 g/mol. The smallest absolute Gasteiger partial charge is 0.396 e.